The molecule has 140 valence electrons. The number of alkyl halides is 3. The molecule has 2 N–H and O–H groups in total. The number of carbonyl (C=O) groups excluding carboxylic acids is 1. The zero-order chi connectivity index (χ0) is 18.6. The van der Waals surface area contributed by atoms with Crippen LogP contribution in [-0.4, -0.2) is 60.9 Å². The van der Waals surface area contributed by atoms with Gasteiger partial charge in [0.2, 0.25) is 0 Å². The van der Waals surface area contributed by atoms with E-state index in [9.17, 15) is 18.0 Å². The Hall–Kier alpha value is -2.39. The molecule has 1 aromatic carbocycles. The molecule has 2 heterocycles. The molecule has 2 aromatic rings. The molecule has 0 spiro atoms. The lowest BCUT2D eigenvalue weighted by Crippen LogP contribution is -2.57. The Labute approximate surface area is 148 Å². The van der Waals surface area contributed by atoms with E-state index in [2.05, 4.69) is 15.8 Å². The van der Waals surface area contributed by atoms with Crippen molar-refractivity contribution in [3.05, 3.63) is 42.1 Å². The molecule has 1 fully saturated rings. The number of carbonyl (C=O) groups is 1. The van der Waals surface area contributed by atoms with Gasteiger partial charge in [-0.2, -0.15) is 13.2 Å². The first-order chi connectivity index (χ1) is 12.4. The fourth-order valence-electron chi connectivity index (χ4n) is 2.85. The predicted molar refractivity (Wildman–Crippen MR) is 88.6 cm³/mol. The maximum atomic E-state index is 13.3. The summed E-state index contributed by atoms with van der Waals surface area (Å²) >= 11 is 0. The minimum Gasteiger partial charge on any atom is -0.355 e. The van der Waals surface area contributed by atoms with Crippen LogP contribution in [0.3, 0.4) is 0 Å². The molecule has 0 radical (unpaired) electrons. The Morgan fingerprint density at radius 2 is 1.96 bits per heavy atom. The van der Waals surface area contributed by atoms with E-state index in [4.69, 9.17) is 4.52 Å². The second kappa shape index (κ2) is 7.88. The summed E-state index contributed by atoms with van der Waals surface area (Å²) in [6.07, 6.45) is -4.43. The van der Waals surface area contributed by atoms with Gasteiger partial charge >= 0.3 is 6.18 Å². The van der Waals surface area contributed by atoms with Gasteiger partial charge in [0, 0.05) is 44.4 Å². The lowest BCUT2D eigenvalue weighted by molar-refractivity contribution is -0.183. The fraction of sp³-hybridized carbons (Fsp3) is 0.412. The summed E-state index contributed by atoms with van der Waals surface area (Å²) in [5.41, 5.74) is 0.679. The average Bonchev–Trinajstić information content (AvgIpc) is 3.12. The number of piperazine rings is 1. The van der Waals surface area contributed by atoms with Gasteiger partial charge in [0.25, 0.3) is 5.91 Å². The van der Waals surface area contributed by atoms with Crippen molar-refractivity contribution in [2.45, 2.75) is 12.2 Å². The molecule has 0 bridgehead atoms. The first-order valence-electron chi connectivity index (χ1n) is 8.27. The topological polar surface area (TPSA) is 70.4 Å². The highest BCUT2D eigenvalue weighted by Gasteiger charge is 2.43. The lowest BCUT2D eigenvalue weighted by Gasteiger charge is -2.35. The molecule has 6 nitrogen and oxygen atoms in total. The Bertz CT molecular complexity index is 727. The normalized spacial score (nSPS) is 17.0. The van der Waals surface area contributed by atoms with Gasteiger partial charge in [0.1, 0.15) is 6.04 Å². The van der Waals surface area contributed by atoms with Crippen LogP contribution in [0.25, 0.3) is 11.3 Å². The first kappa shape index (κ1) is 18.4. The van der Waals surface area contributed by atoms with E-state index in [-0.39, 0.29) is 18.8 Å². The second-order valence-corrected chi connectivity index (χ2v) is 6.00. The maximum absolute atomic E-state index is 13.3. The number of benzene rings is 1. The van der Waals surface area contributed by atoms with Crippen molar-refractivity contribution in [1.29, 1.82) is 0 Å². The van der Waals surface area contributed by atoms with E-state index in [1.54, 1.807) is 24.3 Å². The summed E-state index contributed by atoms with van der Waals surface area (Å²) in [5, 5.41) is 8.99. The highest BCUT2D eigenvalue weighted by Crippen LogP contribution is 2.25. The van der Waals surface area contributed by atoms with Gasteiger partial charge in [0.05, 0.1) is 0 Å². The molecule has 1 aromatic heterocycles. The Morgan fingerprint density at radius 3 is 2.62 bits per heavy atom. The summed E-state index contributed by atoms with van der Waals surface area (Å²) < 4.78 is 45.1. The molecule has 26 heavy (non-hydrogen) atoms. The van der Waals surface area contributed by atoms with Crippen LogP contribution in [0.2, 0.25) is 0 Å². The largest absolute Gasteiger partial charge is 0.405 e. The Morgan fingerprint density at radius 1 is 1.27 bits per heavy atom. The molecule has 1 saturated heterocycles. The maximum Gasteiger partial charge on any atom is 0.405 e. The van der Waals surface area contributed by atoms with Crippen molar-refractivity contribution >= 4 is 5.91 Å². The van der Waals surface area contributed by atoms with Crippen LogP contribution >= 0.6 is 0 Å². The standard InChI is InChI=1S/C17H19F3N4O2/c18-17(19,20)15(24-8-6-21-7-9-24)11-22-16(25)13-10-14(26-23-13)12-4-2-1-3-5-12/h1-5,10,15,21H,6-9,11H2,(H,22,25). The van der Waals surface area contributed by atoms with Crippen LogP contribution in [0.15, 0.2) is 40.9 Å². The van der Waals surface area contributed by atoms with E-state index in [1.807, 2.05) is 6.07 Å². The molecular formula is C17H19F3N4O2. The van der Waals surface area contributed by atoms with E-state index < -0.39 is 24.7 Å². The van der Waals surface area contributed by atoms with E-state index in [0.29, 0.717) is 18.8 Å². The molecule has 3 rings (SSSR count). The fourth-order valence-corrected chi connectivity index (χ4v) is 2.85. The first-order valence-corrected chi connectivity index (χ1v) is 8.27. The number of rotatable bonds is 5. The average molecular weight is 368 g/mol. The van der Waals surface area contributed by atoms with Crippen LogP contribution in [-0.2, 0) is 0 Å². The number of hydrogen-bond acceptors (Lipinski definition) is 5. The van der Waals surface area contributed by atoms with Crippen molar-refractivity contribution in [2.75, 3.05) is 32.7 Å². The quantitative estimate of drug-likeness (QED) is 0.844. The highest BCUT2D eigenvalue weighted by molar-refractivity contribution is 5.93. The summed E-state index contributed by atoms with van der Waals surface area (Å²) in [6, 6.07) is 8.70. The molecule has 1 atom stereocenters. The summed E-state index contributed by atoms with van der Waals surface area (Å²) in [7, 11) is 0. The SMILES string of the molecule is O=C(NCC(N1CCNCC1)C(F)(F)F)c1cc(-c2ccccc2)on1. The van der Waals surface area contributed by atoms with Gasteiger partial charge in [0.15, 0.2) is 11.5 Å². The molecular weight excluding hydrogens is 349 g/mol. The molecule has 9 heteroatoms. The number of nitrogens with one attached hydrogen (secondary N) is 2. The molecule has 1 amide bonds. The van der Waals surface area contributed by atoms with Crippen LogP contribution in [0.4, 0.5) is 13.2 Å². The number of amides is 1. The van der Waals surface area contributed by atoms with Crippen LogP contribution in [0, 0.1) is 0 Å². The van der Waals surface area contributed by atoms with Crippen molar-refractivity contribution < 1.29 is 22.5 Å². The molecule has 1 aliphatic heterocycles. The van der Waals surface area contributed by atoms with E-state index in [1.165, 1.54) is 11.0 Å². The van der Waals surface area contributed by atoms with Gasteiger partial charge in [-0.15, -0.1) is 0 Å². The van der Waals surface area contributed by atoms with E-state index in [0.717, 1.165) is 5.56 Å². The minimum absolute atomic E-state index is 0.0508. The summed E-state index contributed by atoms with van der Waals surface area (Å²) in [4.78, 5) is 13.5. The molecule has 1 unspecified atom stereocenters. The zero-order valence-electron chi connectivity index (χ0n) is 13.9. The third kappa shape index (κ3) is 4.41. The second-order valence-electron chi connectivity index (χ2n) is 6.00. The highest BCUT2D eigenvalue weighted by atomic mass is 19.4. The molecule has 1 aliphatic rings. The van der Waals surface area contributed by atoms with Gasteiger partial charge < -0.3 is 15.2 Å². The Kier molecular flexibility index (Phi) is 5.58. The van der Waals surface area contributed by atoms with Crippen molar-refractivity contribution in [1.82, 2.24) is 20.7 Å². The zero-order valence-corrected chi connectivity index (χ0v) is 13.9. The summed E-state index contributed by atoms with van der Waals surface area (Å²) in [5.74, 6) is -0.314. The van der Waals surface area contributed by atoms with Crippen molar-refractivity contribution in [3.63, 3.8) is 0 Å². The van der Waals surface area contributed by atoms with Gasteiger partial charge in [-0.05, 0) is 0 Å². The number of nitrogens with zero attached hydrogens (tertiary/aromatic N) is 2. The number of aromatic nitrogens is 1. The number of halogens is 3. The lowest BCUT2D eigenvalue weighted by atomic mass is 10.1. The van der Waals surface area contributed by atoms with Crippen LogP contribution in [0.1, 0.15) is 10.5 Å². The van der Waals surface area contributed by atoms with Crippen molar-refractivity contribution in [3.8, 4) is 11.3 Å². The Balaban J connectivity index is 1.64. The van der Waals surface area contributed by atoms with Gasteiger partial charge in [-0.25, -0.2) is 0 Å². The van der Waals surface area contributed by atoms with Crippen molar-refractivity contribution in [2.24, 2.45) is 0 Å². The van der Waals surface area contributed by atoms with Crippen LogP contribution < -0.4 is 10.6 Å². The third-order valence-corrected chi connectivity index (χ3v) is 4.23. The minimum atomic E-state index is -4.43. The number of hydrogen-bond donors (Lipinski definition) is 2. The third-order valence-electron chi connectivity index (χ3n) is 4.23. The van der Waals surface area contributed by atoms with Gasteiger partial charge in [-0.1, -0.05) is 35.5 Å². The molecule has 0 saturated carbocycles. The monoisotopic (exact) mass is 368 g/mol. The van der Waals surface area contributed by atoms with Gasteiger partial charge in [-0.3, -0.25) is 9.69 Å². The molecule has 0 aliphatic carbocycles. The summed E-state index contributed by atoms with van der Waals surface area (Å²) in [6.45, 7) is 1.01. The van der Waals surface area contributed by atoms with Crippen LogP contribution in [0.5, 0.6) is 0 Å². The predicted octanol–water partition coefficient (Wildman–Crippen LogP) is 1.91. The smallest absolute Gasteiger partial charge is 0.355 e. The van der Waals surface area contributed by atoms with E-state index >= 15 is 0 Å².